The number of hydrogen-bond acceptors (Lipinski definition) is 7. The first kappa shape index (κ1) is 22.7. The Balaban J connectivity index is 1.43. The van der Waals surface area contributed by atoms with Crippen LogP contribution in [0.2, 0.25) is 0 Å². The number of carboxylic acids is 1. The summed E-state index contributed by atoms with van der Waals surface area (Å²) >= 11 is 0. The fourth-order valence-corrected chi connectivity index (χ4v) is 4.00. The number of carbonyl (C=O) groups is 2. The molecular formula is C25H19N5O6. The molecule has 0 saturated carbocycles. The van der Waals surface area contributed by atoms with Gasteiger partial charge in [-0.05, 0) is 70.8 Å². The van der Waals surface area contributed by atoms with Crippen LogP contribution in [-0.2, 0) is 6.54 Å². The van der Waals surface area contributed by atoms with Gasteiger partial charge in [0, 0.05) is 12.1 Å². The highest BCUT2D eigenvalue weighted by molar-refractivity contribution is 5.97. The fourth-order valence-electron chi connectivity index (χ4n) is 4.00. The zero-order valence-corrected chi connectivity index (χ0v) is 18.9. The summed E-state index contributed by atoms with van der Waals surface area (Å²) in [5.41, 5.74) is 2.02. The molecule has 36 heavy (non-hydrogen) atoms. The highest BCUT2D eigenvalue weighted by Gasteiger charge is 2.17. The molecule has 1 amide bonds. The summed E-state index contributed by atoms with van der Waals surface area (Å²) in [5, 5.41) is 19.6. The molecule has 2 aromatic heterocycles. The average molecular weight is 485 g/mol. The van der Waals surface area contributed by atoms with Crippen LogP contribution in [-0.4, -0.2) is 36.8 Å². The number of aromatic carboxylic acids is 1. The van der Waals surface area contributed by atoms with E-state index in [1.165, 1.54) is 30.3 Å². The van der Waals surface area contributed by atoms with E-state index >= 15 is 0 Å². The Labute approximate surface area is 202 Å². The summed E-state index contributed by atoms with van der Waals surface area (Å²) in [7, 11) is 0. The van der Waals surface area contributed by atoms with Gasteiger partial charge in [0.25, 0.3) is 11.5 Å². The minimum absolute atomic E-state index is 0.0963. The lowest BCUT2D eigenvalue weighted by Gasteiger charge is -2.15. The molecule has 11 heteroatoms. The maximum atomic E-state index is 13.3. The van der Waals surface area contributed by atoms with E-state index in [4.69, 9.17) is 5.11 Å². The molecule has 0 bridgehead atoms. The van der Waals surface area contributed by atoms with Gasteiger partial charge in [0.15, 0.2) is 0 Å². The zero-order valence-electron chi connectivity index (χ0n) is 18.9. The number of fused-ring (bicyclic) bond motifs is 2. The Bertz CT molecular complexity index is 1750. The van der Waals surface area contributed by atoms with Crippen molar-refractivity contribution in [1.82, 2.24) is 25.2 Å². The third-order valence-corrected chi connectivity index (χ3v) is 5.99. The van der Waals surface area contributed by atoms with E-state index in [9.17, 15) is 19.2 Å². The maximum absolute atomic E-state index is 13.3. The third kappa shape index (κ3) is 4.13. The number of nitrogens with zero attached hydrogens (tertiary/aromatic N) is 3. The van der Waals surface area contributed by atoms with Crippen molar-refractivity contribution in [3.63, 3.8) is 0 Å². The number of amides is 1. The monoisotopic (exact) mass is 485 g/mol. The van der Waals surface area contributed by atoms with Gasteiger partial charge >= 0.3 is 11.7 Å². The number of benzene rings is 3. The van der Waals surface area contributed by atoms with Crippen LogP contribution in [0.4, 0.5) is 0 Å². The molecule has 0 aliphatic carbocycles. The average Bonchev–Trinajstić information content (AvgIpc) is 3.35. The molecule has 180 valence electrons. The van der Waals surface area contributed by atoms with Gasteiger partial charge in [-0.3, -0.25) is 14.2 Å². The number of aromatic nitrogens is 4. The van der Waals surface area contributed by atoms with Gasteiger partial charge in [-0.2, -0.15) is 0 Å². The van der Waals surface area contributed by atoms with Gasteiger partial charge in [-0.25, -0.2) is 14.2 Å². The van der Waals surface area contributed by atoms with Crippen LogP contribution >= 0.6 is 0 Å². The van der Waals surface area contributed by atoms with E-state index in [1.807, 2.05) is 0 Å². The van der Waals surface area contributed by atoms with Gasteiger partial charge in [-0.1, -0.05) is 18.2 Å². The molecule has 0 spiro atoms. The Hall–Kier alpha value is -5.06. The Kier molecular flexibility index (Phi) is 5.65. The molecule has 3 N–H and O–H groups in total. The lowest BCUT2D eigenvalue weighted by Crippen LogP contribution is -2.37. The molecule has 11 nitrogen and oxygen atoms in total. The van der Waals surface area contributed by atoms with Crippen molar-refractivity contribution < 1.29 is 19.3 Å². The summed E-state index contributed by atoms with van der Waals surface area (Å²) in [5.74, 6) is -1.47. The molecule has 0 aliphatic rings. The topological polar surface area (TPSA) is 160 Å². The van der Waals surface area contributed by atoms with Crippen molar-refractivity contribution in [2.45, 2.75) is 19.5 Å². The van der Waals surface area contributed by atoms with Gasteiger partial charge in [-0.15, -0.1) is 0 Å². The van der Waals surface area contributed by atoms with Crippen LogP contribution in [0.25, 0.3) is 21.9 Å². The van der Waals surface area contributed by atoms with Crippen molar-refractivity contribution >= 4 is 33.8 Å². The van der Waals surface area contributed by atoms with Crippen LogP contribution < -0.4 is 16.6 Å². The van der Waals surface area contributed by atoms with E-state index in [0.717, 1.165) is 10.1 Å². The van der Waals surface area contributed by atoms with E-state index in [0.29, 0.717) is 22.1 Å². The maximum Gasteiger partial charge on any atom is 0.335 e. The van der Waals surface area contributed by atoms with Crippen molar-refractivity contribution in [2.75, 3.05) is 0 Å². The summed E-state index contributed by atoms with van der Waals surface area (Å²) in [6.07, 6.45) is 0. The molecule has 3 aromatic carbocycles. The molecule has 1 unspecified atom stereocenters. The fraction of sp³-hybridized carbons (Fsp3) is 0.120. The van der Waals surface area contributed by atoms with Gasteiger partial charge in [0.05, 0.1) is 22.5 Å². The molecule has 5 rings (SSSR count). The molecular weight excluding hydrogens is 466 g/mol. The molecule has 0 fully saturated rings. The number of carbonyl (C=O) groups excluding carboxylic acids is 1. The van der Waals surface area contributed by atoms with E-state index in [1.54, 1.807) is 37.3 Å². The Morgan fingerprint density at radius 3 is 2.47 bits per heavy atom. The van der Waals surface area contributed by atoms with Crippen molar-refractivity contribution in [2.24, 2.45) is 0 Å². The van der Waals surface area contributed by atoms with Crippen LogP contribution in [0.1, 0.15) is 44.8 Å². The number of H-pyrrole nitrogens is 1. The summed E-state index contributed by atoms with van der Waals surface area (Å²) in [6.45, 7) is 1.88. The smallest absolute Gasteiger partial charge is 0.335 e. The van der Waals surface area contributed by atoms with Gasteiger partial charge < -0.3 is 15.4 Å². The molecule has 0 radical (unpaired) electrons. The summed E-state index contributed by atoms with van der Waals surface area (Å²) < 4.78 is 5.72. The lowest BCUT2D eigenvalue weighted by atomic mass is 10.1. The van der Waals surface area contributed by atoms with Crippen molar-refractivity contribution in [3.05, 3.63) is 104 Å². The molecule has 0 saturated heterocycles. The second-order valence-electron chi connectivity index (χ2n) is 8.24. The van der Waals surface area contributed by atoms with E-state index < -0.39 is 29.2 Å². The first-order valence-corrected chi connectivity index (χ1v) is 10.9. The first-order chi connectivity index (χ1) is 17.3. The minimum Gasteiger partial charge on any atom is -0.478 e. The van der Waals surface area contributed by atoms with Gasteiger partial charge in [0.1, 0.15) is 11.0 Å². The van der Waals surface area contributed by atoms with Crippen LogP contribution in [0.5, 0.6) is 0 Å². The Morgan fingerprint density at radius 1 is 1.00 bits per heavy atom. The molecule has 0 aliphatic heterocycles. The van der Waals surface area contributed by atoms with Gasteiger partial charge in [0.2, 0.25) is 0 Å². The van der Waals surface area contributed by atoms with E-state index in [-0.39, 0.29) is 23.1 Å². The quantitative estimate of drug-likeness (QED) is 0.331. The number of rotatable bonds is 6. The normalized spacial score (nSPS) is 12.0. The second kappa shape index (κ2) is 8.95. The van der Waals surface area contributed by atoms with Crippen LogP contribution in [0, 0.1) is 0 Å². The third-order valence-electron chi connectivity index (χ3n) is 5.99. The minimum atomic E-state index is -1.07. The van der Waals surface area contributed by atoms with Crippen molar-refractivity contribution in [1.29, 1.82) is 0 Å². The van der Waals surface area contributed by atoms with Crippen LogP contribution in [0.15, 0.2) is 74.9 Å². The predicted molar refractivity (Wildman–Crippen MR) is 129 cm³/mol. The standard InChI is InChI=1S/C25H19N5O6/c1-13(15-3-5-16(6-4-15)24(33)34)30-23(32)18-11-17(7-9-19(18)27-25(30)35)22(31)26-12-14-2-8-20-21(10-14)29-36-28-20/h2-11,13H,12H2,1H3,(H,26,31)(H,27,35)(H,33,34). The predicted octanol–water partition coefficient (Wildman–Crippen LogP) is 2.46. The Morgan fingerprint density at radius 2 is 1.72 bits per heavy atom. The number of nitrogens with one attached hydrogen (secondary N) is 2. The highest BCUT2D eigenvalue weighted by atomic mass is 16.6. The SMILES string of the molecule is CC(c1ccc(C(=O)O)cc1)n1c(=O)[nH]c2ccc(C(=O)NCc3ccc4nonc4c3)cc2c1=O. The van der Waals surface area contributed by atoms with Crippen LogP contribution in [0.3, 0.4) is 0 Å². The number of carboxylic acid groups (broad SMARTS) is 1. The molecule has 5 aromatic rings. The molecule has 1 atom stereocenters. The molecule has 2 heterocycles. The highest BCUT2D eigenvalue weighted by Crippen LogP contribution is 2.17. The number of hydrogen-bond donors (Lipinski definition) is 3. The second-order valence-corrected chi connectivity index (χ2v) is 8.24. The summed E-state index contributed by atoms with van der Waals surface area (Å²) in [4.78, 5) is 52.6. The lowest BCUT2D eigenvalue weighted by molar-refractivity contribution is 0.0696. The largest absolute Gasteiger partial charge is 0.478 e. The van der Waals surface area contributed by atoms with E-state index in [2.05, 4.69) is 25.2 Å². The van der Waals surface area contributed by atoms with Crippen molar-refractivity contribution in [3.8, 4) is 0 Å². The zero-order chi connectivity index (χ0) is 25.4. The first-order valence-electron chi connectivity index (χ1n) is 10.9. The summed E-state index contributed by atoms with van der Waals surface area (Å²) in [6, 6.07) is 15.0. The number of aromatic amines is 1.